The molecule has 7 nitrogen and oxygen atoms in total. The number of benzene rings is 2. The Bertz CT molecular complexity index is 974. The molecular formula is C20H23FN4O3. The van der Waals surface area contributed by atoms with Crippen LogP contribution in [0.2, 0.25) is 0 Å². The summed E-state index contributed by atoms with van der Waals surface area (Å²) >= 11 is 0. The molecule has 0 aliphatic carbocycles. The number of hydrogen-bond acceptors (Lipinski definition) is 6. The van der Waals surface area contributed by atoms with Crippen molar-refractivity contribution in [2.75, 3.05) is 6.61 Å². The van der Waals surface area contributed by atoms with Gasteiger partial charge in [-0.2, -0.15) is 0 Å². The average Bonchev–Trinajstić information content (AvgIpc) is 3.06. The number of aliphatic hydroxyl groups is 1. The highest BCUT2D eigenvalue weighted by Gasteiger charge is 2.21. The van der Waals surface area contributed by atoms with Crippen LogP contribution < -0.4 is 5.64 Å². The quantitative estimate of drug-likeness (QED) is 0.541. The van der Waals surface area contributed by atoms with Crippen molar-refractivity contribution in [1.82, 2.24) is 20.4 Å². The summed E-state index contributed by atoms with van der Waals surface area (Å²) in [5.41, 5.74) is 5.78. The van der Waals surface area contributed by atoms with Gasteiger partial charge in [0.05, 0.1) is 0 Å². The van der Waals surface area contributed by atoms with Crippen molar-refractivity contribution < 1.29 is 19.5 Å². The lowest BCUT2D eigenvalue weighted by Gasteiger charge is -2.10. The predicted molar refractivity (Wildman–Crippen MR) is 101 cm³/mol. The molecule has 1 heterocycles. The van der Waals surface area contributed by atoms with Crippen LogP contribution in [0.1, 0.15) is 40.0 Å². The van der Waals surface area contributed by atoms with Gasteiger partial charge in [-0.25, -0.2) is 14.1 Å². The van der Waals surface area contributed by atoms with Gasteiger partial charge in [0, 0.05) is 6.42 Å². The molecule has 1 unspecified atom stereocenters. The number of aromatic nitrogens is 3. The second-order valence-electron chi connectivity index (χ2n) is 6.78. The molecule has 0 saturated heterocycles. The standard InChI is InChI=1S/C20H23FN4O3/c1-12-4-6-14(3)15(8-12)10-19-22-20(18(26)11-28-24-27)23-25(19)17-7-5-13(2)9-16(17)21/h4-9,18,24,26-27H,10-11H2,1-3H3. The van der Waals surface area contributed by atoms with Crippen molar-refractivity contribution in [3.63, 3.8) is 0 Å². The summed E-state index contributed by atoms with van der Waals surface area (Å²) in [5, 5.41) is 23.0. The molecule has 0 saturated carbocycles. The highest BCUT2D eigenvalue weighted by atomic mass is 19.1. The van der Waals surface area contributed by atoms with Crippen LogP contribution in [0, 0.1) is 26.6 Å². The molecule has 28 heavy (non-hydrogen) atoms. The molecule has 0 spiro atoms. The van der Waals surface area contributed by atoms with E-state index in [1.165, 1.54) is 16.4 Å². The van der Waals surface area contributed by atoms with E-state index in [1.54, 1.807) is 19.1 Å². The molecule has 3 rings (SSSR count). The van der Waals surface area contributed by atoms with E-state index < -0.39 is 11.9 Å². The third-order valence-electron chi connectivity index (χ3n) is 4.48. The van der Waals surface area contributed by atoms with Gasteiger partial charge in [-0.15, -0.1) is 5.10 Å². The van der Waals surface area contributed by atoms with Crippen LogP contribution in [0.4, 0.5) is 4.39 Å². The monoisotopic (exact) mass is 386 g/mol. The highest BCUT2D eigenvalue weighted by molar-refractivity contribution is 5.38. The van der Waals surface area contributed by atoms with Crippen molar-refractivity contribution >= 4 is 0 Å². The van der Waals surface area contributed by atoms with Crippen LogP contribution in [0.15, 0.2) is 36.4 Å². The molecule has 3 aromatic rings. The fourth-order valence-corrected chi connectivity index (χ4v) is 2.95. The predicted octanol–water partition coefficient (Wildman–Crippen LogP) is 2.87. The van der Waals surface area contributed by atoms with Gasteiger partial charge >= 0.3 is 0 Å². The van der Waals surface area contributed by atoms with Crippen LogP contribution in [0.25, 0.3) is 5.69 Å². The first-order valence-corrected chi connectivity index (χ1v) is 8.86. The topological polar surface area (TPSA) is 92.4 Å². The number of nitrogens with zero attached hydrogens (tertiary/aromatic N) is 3. The Morgan fingerprint density at radius 2 is 1.86 bits per heavy atom. The van der Waals surface area contributed by atoms with E-state index in [1.807, 2.05) is 26.0 Å². The Balaban J connectivity index is 2.05. The zero-order valence-electron chi connectivity index (χ0n) is 16.0. The van der Waals surface area contributed by atoms with Gasteiger partial charge in [0.1, 0.15) is 30.0 Å². The Hall–Kier alpha value is -2.65. The molecule has 0 bridgehead atoms. The van der Waals surface area contributed by atoms with Crippen LogP contribution >= 0.6 is 0 Å². The minimum atomic E-state index is -1.19. The van der Waals surface area contributed by atoms with E-state index in [9.17, 15) is 9.50 Å². The van der Waals surface area contributed by atoms with Crippen molar-refractivity contribution in [3.8, 4) is 5.69 Å². The van der Waals surface area contributed by atoms with Gasteiger partial charge in [-0.1, -0.05) is 35.5 Å². The average molecular weight is 386 g/mol. The number of aliphatic hydroxyl groups excluding tert-OH is 1. The lowest BCUT2D eigenvalue weighted by molar-refractivity contribution is -0.148. The summed E-state index contributed by atoms with van der Waals surface area (Å²) in [5.74, 6) is 0.138. The van der Waals surface area contributed by atoms with E-state index in [4.69, 9.17) is 5.21 Å². The zero-order valence-corrected chi connectivity index (χ0v) is 16.0. The third kappa shape index (κ3) is 4.42. The molecule has 0 fully saturated rings. The van der Waals surface area contributed by atoms with Gasteiger partial charge in [0.2, 0.25) is 0 Å². The fourth-order valence-electron chi connectivity index (χ4n) is 2.95. The molecule has 0 amide bonds. The largest absolute Gasteiger partial charge is 0.382 e. The van der Waals surface area contributed by atoms with Gasteiger partial charge in [-0.3, -0.25) is 10.0 Å². The van der Waals surface area contributed by atoms with E-state index in [2.05, 4.69) is 21.0 Å². The van der Waals surface area contributed by atoms with E-state index in [-0.39, 0.29) is 18.1 Å². The minimum Gasteiger partial charge on any atom is -0.382 e. The van der Waals surface area contributed by atoms with Gasteiger partial charge in [-0.05, 0) is 49.6 Å². The first-order chi connectivity index (χ1) is 13.4. The Kier molecular flexibility index (Phi) is 6.15. The van der Waals surface area contributed by atoms with E-state index in [0.29, 0.717) is 12.2 Å². The Morgan fingerprint density at radius 3 is 2.57 bits per heavy atom. The van der Waals surface area contributed by atoms with Crippen LogP contribution in [-0.4, -0.2) is 31.7 Å². The maximum absolute atomic E-state index is 14.6. The van der Waals surface area contributed by atoms with E-state index in [0.717, 1.165) is 22.3 Å². The zero-order chi connectivity index (χ0) is 20.3. The highest BCUT2D eigenvalue weighted by Crippen LogP contribution is 2.22. The first-order valence-electron chi connectivity index (χ1n) is 8.86. The number of aryl methyl sites for hydroxylation is 3. The van der Waals surface area contributed by atoms with Crippen molar-refractivity contribution in [2.45, 2.75) is 33.3 Å². The third-order valence-corrected chi connectivity index (χ3v) is 4.48. The summed E-state index contributed by atoms with van der Waals surface area (Å²) in [4.78, 5) is 9.00. The summed E-state index contributed by atoms with van der Waals surface area (Å²) < 4.78 is 16.0. The molecule has 1 aromatic heterocycles. The first kappa shape index (κ1) is 20.1. The maximum atomic E-state index is 14.6. The minimum absolute atomic E-state index is 0.0792. The van der Waals surface area contributed by atoms with Gasteiger partial charge in [0.15, 0.2) is 5.82 Å². The summed E-state index contributed by atoms with van der Waals surface area (Å²) in [6.07, 6.45) is -0.772. The molecule has 0 aliphatic rings. The number of nitrogens with one attached hydrogen (secondary N) is 1. The number of rotatable bonds is 7. The lowest BCUT2D eigenvalue weighted by atomic mass is 10.0. The van der Waals surface area contributed by atoms with Crippen LogP contribution in [-0.2, 0) is 11.3 Å². The van der Waals surface area contributed by atoms with E-state index >= 15 is 0 Å². The van der Waals surface area contributed by atoms with Crippen LogP contribution in [0.5, 0.6) is 0 Å². The molecular weight excluding hydrogens is 363 g/mol. The second-order valence-corrected chi connectivity index (χ2v) is 6.78. The Morgan fingerprint density at radius 1 is 1.14 bits per heavy atom. The molecule has 8 heteroatoms. The van der Waals surface area contributed by atoms with Crippen LogP contribution in [0.3, 0.4) is 0 Å². The molecule has 1 atom stereocenters. The maximum Gasteiger partial charge on any atom is 0.182 e. The molecule has 0 aliphatic heterocycles. The van der Waals surface area contributed by atoms with Crippen molar-refractivity contribution in [2.24, 2.45) is 0 Å². The SMILES string of the molecule is Cc1ccc(-n2nc(C(O)CONO)nc2Cc2cc(C)ccc2C)c(F)c1. The lowest BCUT2D eigenvalue weighted by Crippen LogP contribution is -2.16. The van der Waals surface area contributed by atoms with Gasteiger partial charge < -0.3 is 5.11 Å². The second kappa shape index (κ2) is 8.57. The van der Waals surface area contributed by atoms with Crippen molar-refractivity contribution in [1.29, 1.82) is 0 Å². The summed E-state index contributed by atoms with van der Waals surface area (Å²) in [6, 6.07) is 10.9. The summed E-state index contributed by atoms with van der Waals surface area (Å²) in [7, 11) is 0. The number of hydrogen-bond donors (Lipinski definition) is 3. The molecule has 2 aromatic carbocycles. The smallest absolute Gasteiger partial charge is 0.182 e. The van der Waals surface area contributed by atoms with Crippen molar-refractivity contribution in [3.05, 3.63) is 76.1 Å². The normalized spacial score (nSPS) is 12.4. The number of halogens is 1. The Labute approximate surface area is 162 Å². The fraction of sp³-hybridized carbons (Fsp3) is 0.300. The molecule has 148 valence electrons. The molecule has 3 N–H and O–H groups in total. The van der Waals surface area contributed by atoms with Gasteiger partial charge in [0.25, 0.3) is 0 Å². The summed E-state index contributed by atoms with van der Waals surface area (Å²) in [6.45, 7) is 5.54. The molecule has 0 radical (unpaired) electrons.